The summed E-state index contributed by atoms with van der Waals surface area (Å²) in [5, 5.41) is 0.736. The summed E-state index contributed by atoms with van der Waals surface area (Å²) in [7, 11) is -0.353. The Morgan fingerprint density at radius 1 is 1.17 bits per heavy atom. The first kappa shape index (κ1) is 37.1. The van der Waals surface area contributed by atoms with Crippen molar-refractivity contribution in [2.45, 2.75) is 70.1 Å². The van der Waals surface area contributed by atoms with Crippen LogP contribution in [0.2, 0.25) is 5.02 Å². The van der Waals surface area contributed by atoms with Gasteiger partial charge < -0.3 is 28.4 Å². The molecule has 2 aliphatic carbocycles. The lowest BCUT2D eigenvalue weighted by atomic mass is 9.68. The first-order valence-corrected chi connectivity index (χ1v) is 21.1. The Morgan fingerprint density at radius 2 is 2.04 bits per heavy atom. The lowest BCUT2D eigenvalue weighted by Gasteiger charge is -2.46. The molecule has 5 aliphatic rings. The maximum atomic E-state index is 14.8. The minimum absolute atomic E-state index is 0.0242. The number of nitrogens with one attached hydrogen (secondary N) is 1. The largest absolute Gasteiger partial charge is 0.494 e. The molecule has 4 heterocycles. The summed E-state index contributed by atoms with van der Waals surface area (Å²) in [6, 6.07) is 11.6. The average molecular weight is 777 g/mol. The number of allylic oxidation sites excluding steroid dienone is 1. The van der Waals surface area contributed by atoms with Crippen molar-refractivity contribution in [3.05, 3.63) is 87.7 Å². The molecule has 0 unspecified atom stereocenters. The summed E-state index contributed by atoms with van der Waals surface area (Å²) in [6.45, 7) is 5.29. The zero-order chi connectivity index (χ0) is 37.6. The van der Waals surface area contributed by atoms with Gasteiger partial charge in [-0.1, -0.05) is 36.7 Å². The topological polar surface area (TPSA) is 121 Å². The second kappa shape index (κ2) is 15.0. The number of methoxy groups -OCH3 is 2. The zero-order valence-corrected chi connectivity index (χ0v) is 32.8. The van der Waals surface area contributed by atoms with Crippen molar-refractivity contribution in [3.8, 4) is 11.5 Å². The van der Waals surface area contributed by atoms with Gasteiger partial charge in [0.2, 0.25) is 0 Å². The van der Waals surface area contributed by atoms with E-state index in [1.165, 1.54) is 18.2 Å². The number of benzene rings is 2. The molecule has 0 radical (unpaired) electrons. The van der Waals surface area contributed by atoms with Gasteiger partial charge in [-0.05, 0) is 97.7 Å². The Bertz CT molecular complexity index is 2110. The molecule has 1 fully saturated rings. The van der Waals surface area contributed by atoms with Crippen molar-refractivity contribution in [1.82, 2.24) is 9.29 Å². The fourth-order valence-corrected chi connectivity index (χ4v) is 11.3. The molecule has 1 saturated carbocycles. The van der Waals surface area contributed by atoms with Gasteiger partial charge in [0.25, 0.3) is 11.8 Å². The second-order valence-corrected chi connectivity index (χ2v) is 18.1. The third-order valence-electron chi connectivity index (χ3n) is 12.1. The molecular weight excluding hydrogens is 728 g/mol. The van der Waals surface area contributed by atoms with E-state index in [-0.39, 0.29) is 34.3 Å². The van der Waals surface area contributed by atoms with Gasteiger partial charge in [0.1, 0.15) is 21.2 Å². The van der Waals surface area contributed by atoms with Gasteiger partial charge in [0, 0.05) is 48.9 Å². The van der Waals surface area contributed by atoms with Crippen LogP contribution in [0.5, 0.6) is 11.5 Å². The van der Waals surface area contributed by atoms with E-state index in [0.717, 1.165) is 55.1 Å². The number of nitrogens with zero attached hydrogens (tertiary/aromatic N) is 3. The number of rotatable bonds is 4. The molecule has 2 aromatic carbocycles. The molecule has 6 atom stereocenters. The minimum Gasteiger partial charge on any atom is -0.494 e. The molecule has 1 spiro atoms. The molecule has 0 saturated heterocycles. The minimum atomic E-state index is -3.61. The predicted molar refractivity (Wildman–Crippen MR) is 208 cm³/mol. The summed E-state index contributed by atoms with van der Waals surface area (Å²) in [5.41, 5.74) is 4.30. The Kier molecular flexibility index (Phi) is 10.3. The van der Waals surface area contributed by atoms with Crippen molar-refractivity contribution in [2.75, 3.05) is 51.2 Å². The van der Waals surface area contributed by atoms with Crippen LogP contribution in [0.4, 0.5) is 5.69 Å². The van der Waals surface area contributed by atoms with Crippen LogP contribution >= 0.6 is 11.6 Å². The molecule has 8 rings (SSSR count). The first-order chi connectivity index (χ1) is 26.1. The zero-order valence-electron chi connectivity index (χ0n) is 31.2. The highest BCUT2D eigenvalue weighted by Gasteiger charge is 2.44. The molecule has 3 aliphatic heterocycles. The Labute approximate surface area is 322 Å². The number of carbonyl (C=O) groups excluding carboxylic acids is 2. The Morgan fingerprint density at radius 3 is 2.83 bits per heavy atom. The van der Waals surface area contributed by atoms with Crippen LogP contribution in [0.25, 0.3) is 0 Å². The molecule has 1 N–H and O–H groups in total. The van der Waals surface area contributed by atoms with Gasteiger partial charge in [0.05, 0.1) is 50.2 Å². The van der Waals surface area contributed by atoms with Crippen LogP contribution in [-0.2, 0) is 44.4 Å². The van der Waals surface area contributed by atoms with Gasteiger partial charge >= 0.3 is 0 Å². The van der Waals surface area contributed by atoms with Gasteiger partial charge in [-0.25, -0.2) is 4.21 Å². The van der Waals surface area contributed by atoms with Crippen LogP contribution < -0.4 is 19.1 Å². The number of hydrogen-bond donors (Lipinski definition) is 1. The van der Waals surface area contributed by atoms with Crippen LogP contribution in [0.1, 0.15) is 76.6 Å². The summed E-state index contributed by atoms with van der Waals surface area (Å²) in [4.78, 5) is 30.4. The number of aromatic nitrogens is 1. The second-order valence-electron chi connectivity index (χ2n) is 15.7. The fourth-order valence-electron chi connectivity index (χ4n) is 9.21. The number of amides is 2. The number of ether oxygens (including phenoxy) is 4. The molecular formula is C41H49ClN4O7S. The quantitative estimate of drug-likeness (QED) is 0.290. The average Bonchev–Trinajstić information content (AvgIpc) is 3.45. The molecule has 2 amide bonds. The fraction of sp³-hybridized carbons (Fsp3) is 0.512. The van der Waals surface area contributed by atoms with E-state index in [2.05, 4.69) is 38.3 Å². The van der Waals surface area contributed by atoms with Gasteiger partial charge in [-0.3, -0.25) is 14.3 Å². The van der Waals surface area contributed by atoms with E-state index in [1.54, 1.807) is 19.4 Å². The molecule has 11 nitrogen and oxygen atoms in total. The van der Waals surface area contributed by atoms with Crippen LogP contribution in [-0.4, -0.2) is 73.0 Å². The summed E-state index contributed by atoms with van der Waals surface area (Å²) >= 11 is 6.47. The van der Waals surface area contributed by atoms with Gasteiger partial charge in [-0.15, -0.1) is 4.36 Å². The Balaban J connectivity index is 1.19. The maximum Gasteiger partial charge on any atom is 0.286 e. The smallest absolute Gasteiger partial charge is 0.286 e. The third kappa shape index (κ3) is 7.06. The number of halogens is 1. The van der Waals surface area contributed by atoms with Crippen molar-refractivity contribution < 1.29 is 32.7 Å². The standard InChI is InChI=1S/C41H49ClN4O7S/c1-26-6-4-8-36(50-2)31-12-9-29(31)20-46-24-41(15-5-7-27-18-30(42)11-13-33(27)41)25-53-37-14-10-28(19-34(37)46)39(47)43-54(49,23-26)44-40(48)32-21-45-16-17-52-22-35(45)38(32)51-3/h4,8,10-11,13-14,18-19,21,26,29,31,36H,5-7,9,12,15-17,20,22-25H2,1-3H3,(H,43,44,47,48,49)/b8-4+/t26-,29-,31+,36-,41-,54-/m0/s1. The van der Waals surface area contributed by atoms with E-state index in [9.17, 15) is 13.8 Å². The summed E-state index contributed by atoms with van der Waals surface area (Å²) in [6.07, 6.45) is 11.5. The number of aryl methyl sites for hydroxylation is 1. The highest BCUT2D eigenvalue weighted by Crippen LogP contribution is 2.47. The normalized spacial score (nSPS) is 30.0. The van der Waals surface area contributed by atoms with E-state index in [0.29, 0.717) is 62.7 Å². The molecule has 54 heavy (non-hydrogen) atoms. The van der Waals surface area contributed by atoms with Crippen LogP contribution in [0.3, 0.4) is 0 Å². The Hall–Kier alpha value is -3.84. The summed E-state index contributed by atoms with van der Waals surface area (Å²) in [5.74, 6) is 0.278. The van der Waals surface area contributed by atoms with Gasteiger partial charge in [0.15, 0.2) is 5.75 Å². The van der Waals surface area contributed by atoms with E-state index < -0.39 is 21.7 Å². The number of hydrogen-bond acceptors (Lipinski definition) is 8. The van der Waals surface area contributed by atoms with E-state index >= 15 is 0 Å². The highest BCUT2D eigenvalue weighted by molar-refractivity contribution is 7.92. The maximum absolute atomic E-state index is 14.8. The van der Waals surface area contributed by atoms with Gasteiger partial charge in [-0.2, -0.15) is 0 Å². The number of fused-ring (bicyclic) bond motifs is 5. The highest BCUT2D eigenvalue weighted by atomic mass is 35.5. The molecule has 3 aromatic rings. The predicted octanol–water partition coefficient (Wildman–Crippen LogP) is 6.74. The third-order valence-corrected chi connectivity index (χ3v) is 14.3. The van der Waals surface area contributed by atoms with Crippen molar-refractivity contribution in [1.29, 1.82) is 0 Å². The van der Waals surface area contributed by atoms with Crippen molar-refractivity contribution in [3.63, 3.8) is 0 Å². The van der Waals surface area contributed by atoms with E-state index in [1.807, 2.05) is 29.7 Å². The first-order valence-electron chi connectivity index (χ1n) is 19.0. The van der Waals surface area contributed by atoms with Crippen LogP contribution in [0, 0.1) is 17.8 Å². The lowest BCUT2D eigenvalue weighted by molar-refractivity contribution is 0.0131. The van der Waals surface area contributed by atoms with Crippen molar-refractivity contribution in [2.24, 2.45) is 22.1 Å². The summed E-state index contributed by atoms with van der Waals surface area (Å²) < 4.78 is 47.7. The SMILES string of the molecule is COc1c(C(=O)N[S@@]2(=O)=NC(=O)c3ccc4c(c3)N(C[C@@H]3CC[C@H]3[C@@H](OC)/C=C/C[C@H](C)C2)C[C@@]2(CCCc3cc(Cl)ccc32)CO4)cn2c1COCC2. The molecule has 13 heteroatoms. The molecule has 288 valence electrons. The monoisotopic (exact) mass is 776 g/mol. The van der Waals surface area contributed by atoms with E-state index in [4.69, 9.17) is 30.5 Å². The van der Waals surface area contributed by atoms with Crippen molar-refractivity contribution >= 4 is 39.0 Å². The lowest BCUT2D eigenvalue weighted by Crippen LogP contribution is -2.49. The molecule has 1 aromatic heterocycles. The van der Waals surface area contributed by atoms with Crippen LogP contribution in [0.15, 0.2) is 59.1 Å². The number of carbonyl (C=O) groups is 2. The number of anilines is 1. The molecule has 2 bridgehead atoms.